The van der Waals surface area contributed by atoms with E-state index < -0.39 is 0 Å². The first-order chi connectivity index (χ1) is 5.85. The minimum atomic E-state index is 0.817. The molecule has 0 saturated heterocycles. The van der Waals surface area contributed by atoms with Gasteiger partial charge in [0.25, 0.3) is 0 Å². The zero-order valence-corrected chi connectivity index (χ0v) is 9.78. The van der Waals surface area contributed by atoms with E-state index in [0.29, 0.717) is 0 Å². The van der Waals surface area contributed by atoms with E-state index in [1.807, 2.05) is 0 Å². The van der Waals surface area contributed by atoms with Crippen molar-refractivity contribution in [2.24, 2.45) is 5.92 Å². The van der Waals surface area contributed by atoms with Crippen LogP contribution in [0.25, 0.3) is 0 Å². The highest BCUT2D eigenvalue weighted by Gasteiger charge is 2.02. The average Bonchev–Trinajstić information content (AvgIpc) is 2.11. The molecule has 0 radical (unpaired) electrons. The van der Waals surface area contributed by atoms with Crippen LogP contribution in [0, 0.1) is 17.8 Å². The van der Waals surface area contributed by atoms with Gasteiger partial charge >= 0.3 is 0 Å². The van der Waals surface area contributed by atoms with E-state index in [9.17, 15) is 0 Å². The van der Waals surface area contributed by atoms with Crippen LogP contribution in [0.15, 0.2) is 0 Å². The first kappa shape index (κ1) is 12.0. The van der Waals surface area contributed by atoms with Crippen LogP contribution in [0.4, 0.5) is 0 Å². The van der Waals surface area contributed by atoms with Gasteiger partial charge < -0.3 is 0 Å². The Kier molecular flexibility index (Phi) is 9.16. The predicted octanol–water partition coefficient (Wildman–Crippen LogP) is 3.99. The summed E-state index contributed by atoms with van der Waals surface area (Å²) in [6, 6.07) is 0. The summed E-state index contributed by atoms with van der Waals surface area (Å²) < 4.78 is 0. The van der Waals surface area contributed by atoms with E-state index in [0.717, 1.165) is 17.7 Å². The van der Waals surface area contributed by atoms with Crippen molar-refractivity contribution in [1.82, 2.24) is 0 Å². The molecule has 0 saturated carbocycles. The maximum absolute atomic E-state index is 3.30. The van der Waals surface area contributed by atoms with Crippen LogP contribution in [0.2, 0.25) is 0 Å². The van der Waals surface area contributed by atoms with Gasteiger partial charge in [-0.3, -0.25) is 0 Å². The molecule has 70 valence electrons. The average molecular weight is 231 g/mol. The molecule has 0 heterocycles. The van der Waals surface area contributed by atoms with E-state index in [4.69, 9.17) is 0 Å². The van der Waals surface area contributed by atoms with E-state index in [2.05, 4.69) is 41.6 Å². The summed E-state index contributed by atoms with van der Waals surface area (Å²) in [5.41, 5.74) is 0. The molecule has 0 fully saturated rings. The molecule has 0 amide bonds. The molecule has 0 aromatic carbocycles. The van der Waals surface area contributed by atoms with Gasteiger partial charge in [0, 0.05) is 6.42 Å². The Morgan fingerprint density at radius 3 is 2.50 bits per heavy atom. The Labute approximate surface area is 85.3 Å². The van der Waals surface area contributed by atoms with E-state index in [1.54, 1.807) is 0 Å². The van der Waals surface area contributed by atoms with Gasteiger partial charge in [0.05, 0.1) is 5.33 Å². The van der Waals surface area contributed by atoms with Crippen LogP contribution in [0.5, 0.6) is 0 Å². The normalized spacial score (nSPS) is 11.9. The fourth-order valence-corrected chi connectivity index (χ4v) is 1.41. The predicted molar refractivity (Wildman–Crippen MR) is 59.5 cm³/mol. The van der Waals surface area contributed by atoms with Gasteiger partial charge in [0.2, 0.25) is 0 Å². The summed E-state index contributed by atoms with van der Waals surface area (Å²) in [4.78, 5) is 0. The molecule has 1 atom stereocenters. The summed E-state index contributed by atoms with van der Waals surface area (Å²) in [5, 5.41) is 0.817. The van der Waals surface area contributed by atoms with Crippen LogP contribution in [-0.4, -0.2) is 5.33 Å². The SMILES string of the molecule is CCCCC(CC)CC#CCBr. The van der Waals surface area contributed by atoms with Crippen LogP contribution in [0.3, 0.4) is 0 Å². The van der Waals surface area contributed by atoms with Gasteiger partial charge in [-0.1, -0.05) is 55.0 Å². The standard InChI is InChI=1S/C11H19Br/c1-3-5-8-11(4-2)9-6-7-10-12/h11H,3-5,8-10H2,1-2H3. The molecule has 0 aliphatic carbocycles. The molecule has 0 rings (SSSR count). The molecule has 0 aromatic rings. The van der Waals surface area contributed by atoms with Gasteiger partial charge in [0.15, 0.2) is 0 Å². The maximum atomic E-state index is 3.30. The lowest BCUT2D eigenvalue weighted by atomic mass is 9.96. The van der Waals surface area contributed by atoms with Crippen molar-refractivity contribution < 1.29 is 0 Å². The number of hydrogen-bond acceptors (Lipinski definition) is 0. The number of unbranched alkanes of at least 4 members (excludes halogenated alkanes) is 1. The van der Waals surface area contributed by atoms with Crippen molar-refractivity contribution in [3.63, 3.8) is 0 Å². The fraction of sp³-hybridized carbons (Fsp3) is 0.818. The Balaban J connectivity index is 3.52. The minimum Gasteiger partial charge on any atom is -0.102 e. The number of rotatable bonds is 5. The van der Waals surface area contributed by atoms with Crippen LogP contribution in [0.1, 0.15) is 46.0 Å². The molecule has 0 bridgehead atoms. The van der Waals surface area contributed by atoms with Crippen molar-refractivity contribution in [2.75, 3.05) is 5.33 Å². The van der Waals surface area contributed by atoms with E-state index >= 15 is 0 Å². The third-order valence-corrected chi connectivity index (χ3v) is 2.41. The lowest BCUT2D eigenvalue weighted by molar-refractivity contribution is 0.462. The summed E-state index contributed by atoms with van der Waals surface area (Å²) in [6.07, 6.45) is 6.37. The zero-order chi connectivity index (χ0) is 9.23. The van der Waals surface area contributed by atoms with Gasteiger partial charge in [0.1, 0.15) is 0 Å². The van der Waals surface area contributed by atoms with E-state index in [1.165, 1.54) is 25.7 Å². The molecular weight excluding hydrogens is 212 g/mol. The Morgan fingerprint density at radius 1 is 1.25 bits per heavy atom. The van der Waals surface area contributed by atoms with Crippen LogP contribution in [-0.2, 0) is 0 Å². The molecule has 0 spiro atoms. The van der Waals surface area contributed by atoms with Crippen molar-refractivity contribution in [1.29, 1.82) is 0 Å². The van der Waals surface area contributed by atoms with Gasteiger partial charge in [-0.15, -0.1) is 5.92 Å². The highest BCUT2D eigenvalue weighted by Crippen LogP contribution is 2.15. The van der Waals surface area contributed by atoms with Gasteiger partial charge in [-0.05, 0) is 12.3 Å². The third-order valence-electron chi connectivity index (χ3n) is 2.13. The molecule has 1 heteroatoms. The lowest BCUT2D eigenvalue weighted by Crippen LogP contribution is -1.96. The zero-order valence-electron chi connectivity index (χ0n) is 8.20. The second-order valence-corrected chi connectivity index (χ2v) is 3.67. The van der Waals surface area contributed by atoms with Crippen LogP contribution < -0.4 is 0 Å². The molecule has 0 N–H and O–H groups in total. The molecule has 12 heavy (non-hydrogen) atoms. The minimum absolute atomic E-state index is 0.817. The Hall–Kier alpha value is 0.0400. The monoisotopic (exact) mass is 230 g/mol. The molecule has 0 aliphatic heterocycles. The second kappa shape index (κ2) is 9.13. The summed E-state index contributed by atoms with van der Waals surface area (Å²) >= 11 is 3.30. The second-order valence-electron chi connectivity index (χ2n) is 3.11. The van der Waals surface area contributed by atoms with Crippen molar-refractivity contribution in [3.05, 3.63) is 0 Å². The van der Waals surface area contributed by atoms with Crippen molar-refractivity contribution in [3.8, 4) is 11.8 Å². The molecule has 1 unspecified atom stereocenters. The Bertz CT molecular complexity index is 141. The first-order valence-corrected chi connectivity index (χ1v) is 5.98. The highest BCUT2D eigenvalue weighted by molar-refractivity contribution is 9.09. The summed E-state index contributed by atoms with van der Waals surface area (Å²) in [5.74, 6) is 7.08. The number of halogens is 1. The van der Waals surface area contributed by atoms with Gasteiger partial charge in [-0.2, -0.15) is 0 Å². The smallest absolute Gasteiger partial charge is 0.0645 e. The number of alkyl halides is 1. The molecule has 0 nitrogen and oxygen atoms in total. The van der Waals surface area contributed by atoms with Crippen molar-refractivity contribution in [2.45, 2.75) is 46.0 Å². The van der Waals surface area contributed by atoms with Crippen molar-refractivity contribution >= 4 is 15.9 Å². The molecular formula is C11H19Br. The van der Waals surface area contributed by atoms with Gasteiger partial charge in [-0.25, -0.2) is 0 Å². The van der Waals surface area contributed by atoms with E-state index in [-0.39, 0.29) is 0 Å². The quantitative estimate of drug-likeness (QED) is 0.495. The maximum Gasteiger partial charge on any atom is 0.0645 e. The summed E-state index contributed by atoms with van der Waals surface area (Å²) in [6.45, 7) is 4.51. The lowest BCUT2D eigenvalue weighted by Gasteiger charge is -2.09. The fourth-order valence-electron chi connectivity index (χ4n) is 1.21. The summed E-state index contributed by atoms with van der Waals surface area (Å²) in [7, 11) is 0. The highest BCUT2D eigenvalue weighted by atomic mass is 79.9. The Morgan fingerprint density at radius 2 is 2.00 bits per heavy atom. The third kappa shape index (κ3) is 6.73. The largest absolute Gasteiger partial charge is 0.102 e. The first-order valence-electron chi connectivity index (χ1n) is 4.86. The molecule has 0 aliphatic rings. The molecule has 0 aromatic heterocycles. The van der Waals surface area contributed by atoms with Crippen LogP contribution >= 0.6 is 15.9 Å². The number of hydrogen-bond donors (Lipinski definition) is 0. The topological polar surface area (TPSA) is 0 Å².